The topological polar surface area (TPSA) is 36.4 Å². The highest BCUT2D eigenvalue weighted by Gasteiger charge is 2.30. The number of halogens is 3. The molecule has 0 aliphatic heterocycles. The fraction of sp³-hybridized carbons (Fsp3) is 0.615. The SMILES string of the molecule is CN(CC(F)(F)F)c1cc(CO)cc(C(C)(C)C)n1. The van der Waals surface area contributed by atoms with Crippen LogP contribution < -0.4 is 4.90 Å². The average Bonchev–Trinajstić information content (AvgIpc) is 2.25. The van der Waals surface area contributed by atoms with E-state index in [0.717, 1.165) is 4.90 Å². The molecule has 108 valence electrons. The summed E-state index contributed by atoms with van der Waals surface area (Å²) >= 11 is 0. The molecular weight excluding hydrogens is 257 g/mol. The Kier molecular flexibility index (Phi) is 4.45. The summed E-state index contributed by atoms with van der Waals surface area (Å²) in [6.07, 6.45) is -4.28. The van der Waals surface area contributed by atoms with Crippen molar-refractivity contribution in [3.05, 3.63) is 23.4 Å². The molecule has 0 amide bonds. The second-order valence-electron chi connectivity index (χ2n) is 5.60. The molecule has 0 spiro atoms. The van der Waals surface area contributed by atoms with E-state index in [9.17, 15) is 18.3 Å². The maximum absolute atomic E-state index is 12.4. The maximum atomic E-state index is 12.4. The van der Waals surface area contributed by atoms with Crippen LogP contribution in [-0.4, -0.2) is 29.9 Å². The quantitative estimate of drug-likeness (QED) is 0.922. The van der Waals surface area contributed by atoms with Crippen LogP contribution in [0, 0.1) is 0 Å². The Labute approximate surface area is 111 Å². The molecule has 1 aromatic rings. The summed E-state index contributed by atoms with van der Waals surface area (Å²) in [7, 11) is 1.34. The second-order valence-corrected chi connectivity index (χ2v) is 5.60. The van der Waals surface area contributed by atoms with E-state index in [2.05, 4.69) is 4.98 Å². The van der Waals surface area contributed by atoms with Gasteiger partial charge in [0.05, 0.1) is 6.61 Å². The van der Waals surface area contributed by atoms with Crippen molar-refractivity contribution in [3.8, 4) is 0 Å². The molecule has 0 radical (unpaired) electrons. The molecule has 0 aliphatic rings. The van der Waals surface area contributed by atoms with Crippen molar-refractivity contribution in [3.63, 3.8) is 0 Å². The van der Waals surface area contributed by atoms with Gasteiger partial charge in [-0.15, -0.1) is 0 Å². The summed E-state index contributed by atoms with van der Waals surface area (Å²) in [6, 6.07) is 3.19. The summed E-state index contributed by atoms with van der Waals surface area (Å²) in [5, 5.41) is 9.20. The first kappa shape index (κ1) is 15.8. The van der Waals surface area contributed by atoms with Gasteiger partial charge in [0.2, 0.25) is 0 Å². The lowest BCUT2D eigenvalue weighted by Gasteiger charge is -2.24. The van der Waals surface area contributed by atoms with Crippen LogP contribution in [-0.2, 0) is 12.0 Å². The predicted octanol–water partition coefficient (Wildman–Crippen LogP) is 2.87. The minimum absolute atomic E-state index is 0.216. The Bertz CT molecular complexity index is 438. The zero-order chi connectivity index (χ0) is 14.8. The van der Waals surface area contributed by atoms with Gasteiger partial charge in [-0.05, 0) is 17.7 Å². The Balaban J connectivity index is 3.13. The summed E-state index contributed by atoms with van der Waals surface area (Å²) < 4.78 is 37.2. The van der Waals surface area contributed by atoms with Gasteiger partial charge in [0.15, 0.2) is 0 Å². The minimum Gasteiger partial charge on any atom is -0.392 e. The molecule has 1 heterocycles. The third-order valence-electron chi connectivity index (χ3n) is 2.63. The molecule has 0 fully saturated rings. The molecule has 0 unspecified atom stereocenters. The van der Waals surface area contributed by atoms with E-state index in [1.165, 1.54) is 13.1 Å². The predicted molar refractivity (Wildman–Crippen MR) is 68.2 cm³/mol. The molecule has 1 rings (SSSR count). The van der Waals surface area contributed by atoms with E-state index in [-0.39, 0.29) is 17.8 Å². The molecular formula is C13H19F3N2O. The van der Waals surface area contributed by atoms with Gasteiger partial charge in [-0.1, -0.05) is 20.8 Å². The van der Waals surface area contributed by atoms with E-state index in [1.54, 1.807) is 6.07 Å². The third-order valence-corrected chi connectivity index (χ3v) is 2.63. The highest BCUT2D eigenvalue weighted by molar-refractivity contribution is 5.43. The monoisotopic (exact) mass is 276 g/mol. The van der Waals surface area contributed by atoms with E-state index in [1.807, 2.05) is 20.8 Å². The van der Waals surface area contributed by atoms with E-state index in [4.69, 9.17) is 0 Å². The van der Waals surface area contributed by atoms with E-state index in [0.29, 0.717) is 11.3 Å². The van der Waals surface area contributed by atoms with Gasteiger partial charge in [0.1, 0.15) is 12.4 Å². The van der Waals surface area contributed by atoms with Gasteiger partial charge >= 0.3 is 6.18 Å². The zero-order valence-corrected chi connectivity index (χ0v) is 11.5. The first-order chi connectivity index (χ1) is 8.53. The highest BCUT2D eigenvalue weighted by Crippen LogP contribution is 2.26. The molecule has 0 aromatic carbocycles. The Morgan fingerprint density at radius 1 is 1.21 bits per heavy atom. The summed E-state index contributed by atoms with van der Waals surface area (Å²) in [5.74, 6) is 0.216. The van der Waals surface area contributed by atoms with Gasteiger partial charge in [-0.3, -0.25) is 0 Å². The van der Waals surface area contributed by atoms with Crippen molar-refractivity contribution in [2.45, 2.75) is 39.0 Å². The molecule has 0 aliphatic carbocycles. The van der Waals surface area contributed by atoms with Crippen LogP contribution in [0.4, 0.5) is 19.0 Å². The lowest BCUT2D eigenvalue weighted by atomic mass is 9.91. The summed E-state index contributed by atoms with van der Waals surface area (Å²) in [4.78, 5) is 5.29. The number of aromatic nitrogens is 1. The molecule has 3 nitrogen and oxygen atoms in total. The van der Waals surface area contributed by atoms with Gasteiger partial charge < -0.3 is 10.0 Å². The van der Waals surface area contributed by atoms with Crippen molar-refractivity contribution in [1.82, 2.24) is 4.98 Å². The van der Waals surface area contributed by atoms with Crippen LogP contribution in [0.2, 0.25) is 0 Å². The minimum atomic E-state index is -4.28. The second kappa shape index (κ2) is 5.36. The molecule has 0 saturated carbocycles. The highest BCUT2D eigenvalue weighted by atomic mass is 19.4. The maximum Gasteiger partial charge on any atom is 0.405 e. The number of aliphatic hydroxyl groups is 1. The Morgan fingerprint density at radius 2 is 1.79 bits per heavy atom. The molecule has 0 saturated heterocycles. The molecule has 0 atom stereocenters. The number of aliphatic hydroxyl groups excluding tert-OH is 1. The van der Waals surface area contributed by atoms with Crippen LogP contribution >= 0.6 is 0 Å². The van der Waals surface area contributed by atoms with Crippen LogP contribution in [0.25, 0.3) is 0 Å². The Morgan fingerprint density at radius 3 is 2.21 bits per heavy atom. The normalized spacial score (nSPS) is 12.6. The van der Waals surface area contributed by atoms with E-state index >= 15 is 0 Å². The fourth-order valence-electron chi connectivity index (χ4n) is 1.59. The van der Waals surface area contributed by atoms with Gasteiger partial charge in [-0.2, -0.15) is 13.2 Å². The summed E-state index contributed by atoms with van der Waals surface area (Å²) in [5.41, 5.74) is 0.922. The average molecular weight is 276 g/mol. The lowest BCUT2D eigenvalue weighted by molar-refractivity contribution is -0.119. The first-order valence-corrected chi connectivity index (χ1v) is 5.93. The number of anilines is 1. The summed E-state index contributed by atoms with van der Waals surface area (Å²) in [6.45, 7) is 4.47. The van der Waals surface area contributed by atoms with Crippen LogP contribution in [0.5, 0.6) is 0 Å². The standard InChI is InChI=1S/C13H19F3N2O/c1-12(2,3)10-5-9(7-19)6-11(17-10)18(4)8-13(14,15)16/h5-6,19H,7-8H2,1-4H3. The van der Waals surface area contributed by atoms with Gasteiger partial charge in [0, 0.05) is 18.2 Å². The number of alkyl halides is 3. The van der Waals surface area contributed by atoms with Crippen molar-refractivity contribution >= 4 is 5.82 Å². The van der Waals surface area contributed by atoms with Crippen LogP contribution in [0.3, 0.4) is 0 Å². The van der Waals surface area contributed by atoms with E-state index < -0.39 is 12.7 Å². The number of pyridine rings is 1. The van der Waals surface area contributed by atoms with Crippen LogP contribution in [0.1, 0.15) is 32.0 Å². The number of nitrogens with zero attached hydrogens (tertiary/aromatic N) is 2. The number of hydrogen-bond donors (Lipinski definition) is 1. The smallest absolute Gasteiger partial charge is 0.392 e. The van der Waals surface area contributed by atoms with Crippen molar-refractivity contribution in [1.29, 1.82) is 0 Å². The van der Waals surface area contributed by atoms with Crippen molar-refractivity contribution < 1.29 is 18.3 Å². The van der Waals surface area contributed by atoms with Crippen LogP contribution in [0.15, 0.2) is 12.1 Å². The molecule has 6 heteroatoms. The number of hydrogen-bond acceptors (Lipinski definition) is 3. The molecule has 1 aromatic heterocycles. The molecule has 1 N–H and O–H groups in total. The zero-order valence-electron chi connectivity index (χ0n) is 11.5. The Hall–Kier alpha value is -1.30. The fourth-order valence-corrected chi connectivity index (χ4v) is 1.59. The molecule has 0 bridgehead atoms. The van der Waals surface area contributed by atoms with Gasteiger partial charge in [-0.25, -0.2) is 4.98 Å². The van der Waals surface area contributed by atoms with Crippen molar-refractivity contribution in [2.24, 2.45) is 0 Å². The molecule has 19 heavy (non-hydrogen) atoms. The van der Waals surface area contributed by atoms with Gasteiger partial charge in [0.25, 0.3) is 0 Å². The first-order valence-electron chi connectivity index (χ1n) is 5.93. The number of rotatable bonds is 3. The largest absolute Gasteiger partial charge is 0.405 e. The van der Waals surface area contributed by atoms with Crippen molar-refractivity contribution in [2.75, 3.05) is 18.5 Å². The third kappa shape index (κ3) is 4.70. The lowest BCUT2D eigenvalue weighted by Crippen LogP contribution is -2.32.